The highest BCUT2D eigenvalue weighted by molar-refractivity contribution is 6.05. The van der Waals surface area contributed by atoms with Crippen LogP contribution in [0.3, 0.4) is 0 Å². The number of hydrogen-bond donors (Lipinski definition) is 2. The number of nitrogens with zero attached hydrogens (tertiary/aromatic N) is 2. The number of amides is 4. The molecule has 2 N–H and O–H groups in total. The summed E-state index contributed by atoms with van der Waals surface area (Å²) in [5.74, 6) is 0.131. The molecule has 2 aromatic carbocycles. The van der Waals surface area contributed by atoms with Crippen molar-refractivity contribution in [3.63, 3.8) is 0 Å². The van der Waals surface area contributed by atoms with Gasteiger partial charge in [0.25, 0.3) is 11.8 Å². The minimum Gasteiger partial charge on any atom is -0.489 e. The number of aryl methyl sites for hydroxylation is 1. The number of imide groups is 1. The van der Waals surface area contributed by atoms with Gasteiger partial charge in [0.1, 0.15) is 18.4 Å². The van der Waals surface area contributed by atoms with Crippen LogP contribution >= 0.6 is 0 Å². The fourth-order valence-electron chi connectivity index (χ4n) is 4.79. The second-order valence-electron chi connectivity index (χ2n) is 8.76. The van der Waals surface area contributed by atoms with Crippen LogP contribution in [0.5, 0.6) is 5.75 Å². The summed E-state index contributed by atoms with van der Waals surface area (Å²) >= 11 is 0. The van der Waals surface area contributed by atoms with Gasteiger partial charge in [0, 0.05) is 28.8 Å². The summed E-state index contributed by atoms with van der Waals surface area (Å²) in [5.41, 5.74) is 3.44. The Kier molecular flexibility index (Phi) is 5.88. The number of likely N-dealkylation sites (tertiary alicyclic amines) is 1. The van der Waals surface area contributed by atoms with Gasteiger partial charge >= 0.3 is 6.03 Å². The van der Waals surface area contributed by atoms with Gasteiger partial charge in [-0.05, 0) is 62.6 Å². The molecule has 0 spiro atoms. The Bertz CT molecular complexity index is 1260. The highest BCUT2D eigenvalue weighted by Crippen LogP contribution is 2.25. The number of hydrogen-bond acceptors (Lipinski definition) is 5. The van der Waals surface area contributed by atoms with Gasteiger partial charge in [-0.25, -0.2) is 4.79 Å². The number of fused-ring (bicyclic) bond motifs is 1. The van der Waals surface area contributed by atoms with Crippen molar-refractivity contribution in [3.05, 3.63) is 71.4 Å². The Labute approximate surface area is 197 Å². The number of carbonyl (C=O) groups is 3. The molecule has 34 heavy (non-hydrogen) atoms. The van der Waals surface area contributed by atoms with E-state index in [1.54, 1.807) is 29.2 Å². The first-order valence-corrected chi connectivity index (χ1v) is 11.5. The Morgan fingerprint density at radius 3 is 2.68 bits per heavy atom. The average Bonchev–Trinajstić information content (AvgIpc) is 3.19. The lowest BCUT2D eigenvalue weighted by atomic mass is 9.94. The molecular formula is C26H26N4O4. The maximum absolute atomic E-state index is 13.3. The summed E-state index contributed by atoms with van der Waals surface area (Å²) in [5, 5.41) is 5.97. The summed E-state index contributed by atoms with van der Waals surface area (Å²) in [4.78, 5) is 43.3. The normalized spacial score (nSPS) is 20.2. The molecule has 2 saturated heterocycles. The third kappa shape index (κ3) is 4.31. The topological polar surface area (TPSA) is 101 Å². The lowest BCUT2D eigenvalue weighted by molar-refractivity contribution is -0.121. The monoisotopic (exact) mass is 458 g/mol. The predicted octanol–water partition coefficient (Wildman–Crippen LogP) is 3.32. The first-order valence-electron chi connectivity index (χ1n) is 11.5. The van der Waals surface area contributed by atoms with Crippen molar-refractivity contribution in [1.29, 1.82) is 0 Å². The number of carbonyl (C=O) groups excluding carboxylic acids is 3. The minimum absolute atomic E-state index is 0.152. The van der Waals surface area contributed by atoms with Gasteiger partial charge in [0.05, 0.1) is 11.6 Å². The Balaban J connectivity index is 1.29. The minimum atomic E-state index is -0.710. The highest BCUT2D eigenvalue weighted by atomic mass is 16.5. The number of ether oxygens (including phenoxy) is 1. The van der Waals surface area contributed by atoms with E-state index in [2.05, 4.69) is 15.6 Å². The molecular weight excluding hydrogens is 432 g/mol. The Morgan fingerprint density at radius 2 is 1.91 bits per heavy atom. The number of nitrogens with one attached hydrogen (secondary N) is 2. The fourth-order valence-corrected chi connectivity index (χ4v) is 4.79. The van der Waals surface area contributed by atoms with Gasteiger partial charge in [0.15, 0.2) is 0 Å². The van der Waals surface area contributed by atoms with Crippen LogP contribution in [0.2, 0.25) is 0 Å². The number of urea groups is 1. The van der Waals surface area contributed by atoms with E-state index in [9.17, 15) is 14.4 Å². The third-order valence-corrected chi connectivity index (χ3v) is 6.43. The maximum atomic E-state index is 13.3. The van der Waals surface area contributed by atoms with E-state index in [-0.39, 0.29) is 17.9 Å². The van der Waals surface area contributed by atoms with Gasteiger partial charge in [-0.2, -0.15) is 0 Å². The third-order valence-electron chi connectivity index (χ3n) is 6.43. The van der Waals surface area contributed by atoms with Crippen LogP contribution in [0.15, 0.2) is 54.6 Å². The van der Waals surface area contributed by atoms with Gasteiger partial charge in [0.2, 0.25) is 0 Å². The number of rotatable bonds is 5. The average molecular weight is 459 g/mol. The predicted molar refractivity (Wildman–Crippen MR) is 126 cm³/mol. The summed E-state index contributed by atoms with van der Waals surface area (Å²) < 4.78 is 6.01. The molecule has 1 aromatic heterocycles. The van der Waals surface area contributed by atoms with Crippen molar-refractivity contribution in [2.75, 3.05) is 6.54 Å². The molecule has 2 aliphatic heterocycles. The molecule has 5 rings (SSSR count). The first-order chi connectivity index (χ1) is 16.5. The molecule has 8 nitrogen and oxygen atoms in total. The van der Waals surface area contributed by atoms with Crippen molar-refractivity contribution in [3.8, 4) is 5.75 Å². The number of para-hydroxylation sites is 1. The van der Waals surface area contributed by atoms with Gasteiger partial charge in [-0.15, -0.1) is 0 Å². The van der Waals surface area contributed by atoms with Crippen LogP contribution in [-0.4, -0.2) is 46.4 Å². The lowest BCUT2D eigenvalue weighted by Gasteiger charge is -2.38. The van der Waals surface area contributed by atoms with Crippen LogP contribution in [-0.2, 0) is 11.4 Å². The standard InChI is InChI=1S/C26H26N4O4/c1-16-14-18(20-6-2-3-7-21(20)27-16)15-34-19-11-9-17(10-12-19)25(32)30-13-5-4-8-22(30)23-24(31)29-26(33)28-23/h2-3,6-7,9-12,14,22-23H,4-5,8,13,15H2,1H3,(H2,28,29,31,33). The molecule has 8 heteroatoms. The number of aromatic nitrogens is 1. The second-order valence-corrected chi connectivity index (χ2v) is 8.76. The van der Waals surface area contributed by atoms with E-state index >= 15 is 0 Å². The molecule has 0 saturated carbocycles. The zero-order chi connectivity index (χ0) is 23.7. The maximum Gasteiger partial charge on any atom is 0.322 e. The van der Waals surface area contributed by atoms with Crippen molar-refractivity contribution in [2.45, 2.75) is 44.9 Å². The second kappa shape index (κ2) is 9.13. The molecule has 2 fully saturated rings. The fraction of sp³-hybridized carbons (Fsp3) is 0.308. The molecule has 0 radical (unpaired) electrons. The van der Waals surface area contributed by atoms with E-state index < -0.39 is 12.1 Å². The molecule has 0 bridgehead atoms. The quantitative estimate of drug-likeness (QED) is 0.572. The number of pyridine rings is 1. The van der Waals surface area contributed by atoms with Crippen molar-refractivity contribution in [2.24, 2.45) is 0 Å². The molecule has 3 heterocycles. The molecule has 3 aromatic rings. The van der Waals surface area contributed by atoms with Gasteiger partial charge in [-0.3, -0.25) is 19.9 Å². The molecule has 0 aliphatic carbocycles. The van der Waals surface area contributed by atoms with Crippen LogP contribution in [0, 0.1) is 6.92 Å². The van der Waals surface area contributed by atoms with Crippen molar-refractivity contribution >= 4 is 28.7 Å². The number of benzene rings is 2. The van der Waals surface area contributed by atoms with Crippen LogP contribution in [0.25, 0.3) is 10.9 Å². The van der Waals surface area contributed by atoms with Crippen LogP contribution in [0.1, 0.15) is 40.9 Å². The SMILES string of the molecule is Cc1cc(COc2ccc(C(=O)N3CCCCC3C3NC(=O)NC3=O)cc2)c2ccccc2n1. The molecule has 2 aliphatic rings. The zero-order valence-electron chi connectivity index (χ0n) is 18.9. The van der Waals surface area contributed by atoms with Crippen molar-refractivity contribution in [1.82, 2.24) is 20.5 Å². The Morgan fingerprint density at radius 1 is 1.12 bits per heavy atom. The summed E-state index contributed by atoms with van der Waals surface area (Å²) in [6.07, 6.45) is 2.44. The summed E-state index contributed by atoms with van der Waals surface area (Å²) in [7, 11) is 0. The summed E-state index contributed by atoms with van der Waals surface area (Å²) in [6, 6.07) is 15.5. The molecule has 2 atom stereocenters. The molecule has 4 amide bonds. The van der Waals surface area contributed by atoms with Crippen LogP contribution < -0.4 is 15.4 Å². The van der Waals surface area contributed by atoms with E-state index in [0.29, 0.717) is 30.9 Å². The molecule has 2 unspecified atom stereocenters. The zero-order valence-corrected chi connectivity index (χ0v) is 18.9. The van der Waals surface area contributed by atoms with E-state index in [1.165, 1.54) is 0 Å². The Hall–Kier alpha value is -3.94. The van der Waals surface area contributed by atoms with Gasteiger partial charge < -0.3 is 15.0 Å². The van der Waals surface area contributed by atoms with Crippen molar-refractivity contribution < 1.29 is 19.1 Å². The first kappa shape index (κ1) is 21.9. The largest absolute Gasteiger partial charge is 0.489 e. The van der Waals surface area contributed by atoms with E-state index in [1.807, 2.05) is 37.3 Å². The van der Waals surface area contributed by atoms with E-state index in [0.717, 1.165) is 35.0 Å². The van der Waals surface area contributed by atoms with E-state index in [4.69, 9.17) is 4.74 Å². The highest BCUT2D eigenvalue weighted by Gasteiger charge is 2.41. The lowest BCUT2D eigenvalue weighted by Crippen LogP contribution is -2.55. The number of piperidine rings is 1. The smallest absolute Gasteiger partial charge is 0.322 e. The molecule has 174 valence electrons. The summed E-state index contributed by atoms with van der Waals surface area (Å²) in [6.45, 7) is 2.91. The van der Waals surface area contributed by atoms with Crippen LogP contribution in [0.4, 0.5) is 4.79 Å². The van der Waals surface area contributed by atoms with Gasteiger partial charge in [-0.1, -0.05) is 18.2 Å².